The van der Waals surface area contributed by atoms with Crippen LogP contribution in [0.15, 0.2) is 52.3 Å². The average molecular weight is 539 g/mol. The van der Waals surface area contributed by atoms with Crippen LogP contribution in [0.5, 0.6) is 0 Å². The van der Waals surface area contributed by atoms with E-state index in [0.29, 0.717) is 22.0 Å². The molecule has 1 N–H and O–H groups in total. The molecule has 1 saturated heterocycles. The Labute approximate surface area is 208 Å². The van der Waals surface area contributed by atoms with Crippen molar-refractivity contribution < 1.29 is 26.4 Å². The molecule has 0 aliphatic carbocycles. The molecule has 0 saturated carbocycles. The lowest BCUT2D eigenvalue weighted by molar-refractivity contribution is 0.0979. The molecule has 0 spiro atoms. The van der Waals surface area contributed by atoms with Crippen LogP contribution in [0, 0.1) is 0 Å². The number of benzene rings is 2. The van der Waals surface area contributed by atoms with E-state index in [1.807, 2.05) is 0 Å². The fraction of sp³-hybridized carbons (Fsp3) is 0.364. The summed E-state index contributed by atoms with van der Waals surface area (Å²) in [6.07, 6.45) is 1.65. The molecule has 2 heterocycles. The van der Waals surface area contributed by atoms with Crippen LogP contribution in [0.25, 0.3) is 10.2 Å². The van der Waals surface area contributed by atoms with Crippen molar-refractivity contribution in [2.24, 2.45) is 0 Å². The maximum Gasteiger partial charge on any atom is 0.257 e. The predicted octanol–water partition coefficient (Wildman–Crippen LogP) is 2.60. The summed E-state index contributed by atoms with van der Waals surface area (Å²) < 4.78 is 58.9. The number of thiazole rings is 1. The van der Waals surface area contributed by atoms with Crippen LogP contribution in [0.2, 0.25) is 0 Å². The molecule has 2 aromatic carbocycles. The Morgan fingerprint density at radius 2 is 1.74 bits per heavy atom. The maximum absolute atomic E-state index is 12.8. The molecule has 1 aromatic heterocycles. The number of aromatic nitrogens is 1. The van der Waals surface area contributed by atoms with Gasteiger partial charge in [-0.2, -0.15) is 4.31 Å². The first kappa shape index (κ1) is 25.7. The normalized spacial score (nSPS) is 16.9. The third-order valence-electron chi connectivity index (χ3n) is 5.67. The Balaban J connectivity index is 1.47. The Bertz CT molecular complexity index is 1440. The minimum atomic E-state index is -3.71. The molecule has 0 bridgehead atoms. The summed E-state index contributed by atoms with van der Waals surface area (Å²) in [6, 6.07) is 10.3. The number of hydrogen-bond donors (Lipinski definition) is 1. The van der Waals surface area contributed by atoms with Crippen molar-refractivity contribution in [1.82, 2.24) is 13.6 Å². The number of nitrogens with one attached hydrogen (secondary N) is 1. The van der Waals surface area contributed by atoms with E-state index in [4.69, 9.17) is 4.74 Å². The summed E-state index contributed by atoms with van der Waals surface area (Å²) >= 11 is 1.15. The first-order valence-corrected chi connectivity index (χ1v) is 14.5. The van der Waals surface area contributed by atoms with Gasteiger partial charge in [0.15, 0.2) is 5.13 Å². The molecule has 1 unspecified atom stereocenters. The smallest absolute Gasteiger partial charge is 0.257 e. The van der Waals surface area contributed by atoms with Crippen LogP contribution >= 0.6 is 11.3 Å². The number of likely N-dealkylation sites (N-methyl/N-ethyl adjacent to an activating group) is 1. The van der Waals surface area contributed by atoms with Crippen molar-refractivity contribution in [3.8, 4) is 0 Å². The number of sulfonamides is 2. The third-order valence-corrected chi connectivity index (χ3v) is 10.3. The summed E-state index contributed by atoms with van der Waals surface area (Å²) in [5.41, 5.74) is 0.819. The van der Waals surface area contributed by atoms with Crippen molar-refractivity contribution in [1.29, 1.82) is 0 Å². The van der Waals surface area contributed by atoms with Gasteiger partial charge in [-0.25, -0.2) is 26.1 Å². The number of hydrogen-bond acceptors (Lipinski definition) is 8. The minimum Gasteiger partial charge on any atom is -0.377 e. The highest BCUT2D eigenvalue weighted by Gasteiger charge is 2.26. The summed E-state index contributed by atoms with van der Waals surface area (Å²) in [4.78, 5) is 17.3. The maximum atomic E-state index is 12.8. The second kappa shape index (κ2) is 9.91. The molecule has 1 fully saturated rings. The van der Waals surface area contributed by atoms with Gasteiger partial charge in [-0.3, -0.25) is 10.1 Å². The summed E-state index contributed by atoms with van der Waals surface area (Å²) in [6.45, 7) is 0.924. The monoisotopic (exact) mass is 538 g/mol. The van der Waals surface area contributed by atoms with Crippen LogP contribution < -0.4 is 5.32 Å². The Kier molecular flexibility index (Phi) is 7.27. The van der Waals surface area contributed by atoms with Gasteiger partial charge in [0.2, 0.25) is 20.0 Å². The van der Waals surface area contributed by atoms with Crippen molar-refractivity contribution in [3.63, 3.8) is 0 Å². The number of nitrogens with zero attached hydrogens (tertiary/aromatic N) is 3. The van der Waals surface area contributed by atoms with Crippen molar-refractivity contribution in [2.75, 3.05) is 39.6 Å². The topological polar surface area (TPSA) is 126 Å². The van der Waals surface area contributed by atoms with Gasteiger partial charge in [0.05, 0.1) is 26.1 Å². The Morgan fingerprint density at radius 1 is 1.06 bits per heavy atom. The molecule has 1 aliphatic rings. The van der Waals surface area contributed by atoms with Gasteiger partial charge >= 0.3 is 0 Å². The fourth-order valence-electron chi connectivity index (χ4n) is 3.63. The first-order chi connectivity index (χ1) is 16.5. The van der Waals surface area contributed by atoms with E-state index in [-0.39, 0.29) is 28.0 Å². The molecule has 1 aliphatic heterocycles. The van der Waals surface area contributed by atoms with Crippen LogP contribution in [0.4, 0.5) is 5.13 Å². The lowest BCUT2D eigenvalue weighted by Crippen LogP contribution is -2.34. The molecular formula is C22H26N4O6S3. The van der Waals surface area contributed by atoms with E-state index in [0.717, 1.165) is 28.5 Å². The van der Waals surface area contributed by atoms with Crippen LogP contribution in [0.3, 0.4) is 0 Å². The summed E-state index contributed by atoms with van der Waals surface area (Å²) in [5, 5.41) is 2.99. The highest BCUT2D eigenvalue weighted by atomic mass is 32.2. The van der Waals surface area contributed by atoms with Crippen LogP contribution in [-0.4, -0.2) is 76.7 Å². The molecule has 1 atom stereocenters. The van der Waals surface area contributed by atoms with Gasteiger partial charge in [-0.1, -0.05) is 11.3 Å². The van der Waals surface area contributed by atoms with E-state index in [1.165, 1.54) is 61.8 Å². The molecule has 4 rings (SSSR count). The van der Waals surface area contributed by atoms with E-state index >= 15 is 0 Å². The lowest BCUT2D eigenvalue weighted by atomic mass is 10.2. The van der Waals surface area contributed by atoms with Crippen LogP contribution in [-0.2, 0) is 24.8 Å². The summed E-state index contributed by atoms with van der Waals surface area (Å²) in [5.74, 6) is -0.457. The largest absolute Gasteiger partial charge is 0.377 e. The molecule has 35 heavy (non-hydrogen) atoms. The second-order valence-electron chi connectivity index (χ2n) is 8.34. The third kappa shape index (κ3) is 5.39. The zero-order valence-electron chi connectivity index (χ0n) is 19.5. The number of anilines is 1. The van der Waals surface area contributed by atoms with Crippen molar-refractivity contribution in [2.45, 2.75) is 28.7 Å². The zero-order valence-corrected chi connectivity index (χ0v) is 21.9. The van der Waals surface area contributed by atoms with Crippen molar-refractivity contribution >= 4 is 52.6 Å². The van der Waals surface area contributed by atoms with Gasteiger partial charge in [-0.05, 0) is 55.3 Å². The van der Waals surface area contributed by atoms with E-state index in [9.17, 15) is 21.6 Å². The fourth-order valence-corrected chi connectivity index (χ4v) is 6.74. The number of ether oxygens (including phenoxy) is 1. The highest BCUT2D eigenvalue weighted by molar-refractivity contribution is 7.89. The lowest BCUT2D eigenvalue weighted by Gasteiger charge is -2.20. The van der Waals surface area contributed by atoms with Crippen molar-refractivity contribution in [3.05, 3.63) is 48.0 Å². The average Bonchev–Trinajstić information content (AvgIpc) is 3.47. The van der Waals surface area contributed by atoms with E-state index in [2.05, 4.69) is 10.3 Å². The highest BCUT2D eigenvalue weighted by Crippen LogP contribution is 2.29. The molecule has 0 radical (unpaired) electrons. The van der Waals surface area contributed by atoms with E-state index in [1.54, 1.807) is 6.07 Å². The number of carbonyl (C=O) groups excluding carboxylic acids is 1. The van der Waals surface area contributed by atoms with Gasteiger partial charge in [-0.15, -0.1) is 0 Å². The van der Waals surface area contributed by atoms with Gasteiger partial charge in [0.25, 0.3) is 5.91 Å². The van der Waals surface area contributed by atoms with E-state index < -0.39 is 26.0 Å². The standard InChI is InChI=1S/C22H26N4O6S3/c1-25(2)34(28,29)18-10-11-19-20(13-18)33-22(23-19)24-21(27)15-6-8-17(9-7-15)35(30,31)26(3)14-16-5-4-12-32-16/h6-11,13,16H,4-5,12,14H2,1-3H3,(H,23,24,27). The SMILES string of the molecule is CN(C)S(=O)(=O)c1ccc2nc(NC(=O)c3ccc(S(=O)(=O)N(C)CC4CCCO4)cc3)sc2c1. The number of rotatable bonds is 8. The molecule has 10 nitrogen and oxygen atoms in total. The molecule has 3 aromatic rings. The Morgan fingerprint density at radius 3 is 2.37 bits per heavy atom. The summed E-state index contributed by atoms with van der Waals surface area (Å²) in [7, 11) is -2.87. The van der Waals surface area contributed by atoms with Gasteiger partial charge in [0, 0.05) is 39.9 Å². The molecule has 1 amide bonds. The number of amides is 1. The quantitative estimate of drug-likeness (QED) is 0.467. The first-order valence-electron chi connectivity index (χ1n) is 10.8. The number of fused-ring (bicyclic) bond motifs is 1. The van der Waals surface area contributed by atoms with Crippen LogP contribution in [0.1, 0.15) is 23.2 Å². The second-order valence-corrected chi connectivity index (χ2v) is 13.6. The van der Waals surface area contributed by atoms with Gasteiger partial charge < -0.3 is 4.74 Å². The predicted molar refractivity (Wildman–Crippen MR) is 134 cm³/mol. The molecule has 188 valence electrons. The minimum absolute atomic E-state index is 0.0872. The Hall–Kier alpha value is -2.42. The molecule has 13 heteroatoms. The number of carbonyl (C=O) groups is 1. The zero-order chi connectivity index (χ0) is 25.4. The molecular weight excluding hydrogens is 512 g/mol. The van der Waals surface area contributed by atoms with Gasteiger partial charge in [0.1, 0.15) is 0 Å².